The highest BCUT2D eigenvalue weighted by atomic mass is 35.5. The fourth-order valence-electron chi connectivity index (χ4n) is 5.68. The summed E-state index contributed by atoms with van der Waals surface area (Å²) in [5.41, 5.74) is 5.93. The molecule has 0 bridgehead atoms. The molecule has 6 aromatic rings. The molecular formula is C36H38Cl2N6O2. The smallest absolute Gasteiger partial charge is 0.242 e. The van der Waals surface area contributed by atoms with Crippen molar-refractivity contribution in [3.63, 3.8) is 0 Å². The average Bonchev–Trinajstić information content (AvgIpc) is 3.05. The van der Waals surface area contributed by atoms with E-state index >= 15 is 0 Å². The molecule has 0 unspecified atom stereocenters. The van der Waals surface area contributed by atoms with Crippen molar-refractivity contribution in [1.82, 2.24) is 10.6 Å². The normalized spacial score (nSPS) is 12.1. The molecule has 2 aromatic heterocycles. The van der Waals surface area contributed by atoms with Gasteiger partial charge in [-0.25, -0.2) is 9.97 Å². The molecule has 0 radical (unpaired) electrons. The molecule has 8 nitrogen and oxygen atoms in total. The van der Waals surface area contributed by atoms with Gasteiger partial charge in [-0.1, -0.05) is 48.5 Å². The van der Waals surface area contributed by atoms with Crippen LogP contribution in [0.15, 0.2) is 97.1 Å². The van der Waals surface area contributed by atoms with Gasteiger partial charge in [-0.2, -0.15) is 0 Å². The highest BCUT2D eigenvalue weighted by Gasteiger charge is 2.20. The van der Waals surface area contributed by atoms with Gasteiger partial charge < -0.3 is 46.1 Å². The summed E-state index contributed by atoms with van der Waals surface area (Å²) >= 11 is 0. The number of amides is 2. The number of H-pyrrole nitrogens is 2. The van der Waals surface area contributed by atoms with Crippen LogP contribution in [0.2, 0.25) is 0 Å². The summed E-state index contributed by atoms with van der Waals surface area (Å²) in [5.74, 6) is -0.125. The number of aromatic nitrogens is 2. The zero-order valence-electron chi connectivity index (χ0n) is 25.8. The van der Waals surface area contributed by atoms with Crippen molar-refractivity contribution in [3.05, 3.63) is 97.1 Å². The van der Waals surface area contributed by atoms with E-state index in [2.05, 4.69) is 55.5 Å². The largest absolute Gasteiger partial charge is 1.00 e. The lowest BCUT2D eigenvalue weighted by Crippen LogP contribution is -3.00. The fraction of sp³-hybridized carbons (Fsp3) is 0.222. The van der Waals surface area contributed by atoms with Crippen LogP contribution < -0.4 is 56.0 Å². The van der Waals surface area contributed by atoms with Crippen LogP contribution in [-0.4, -0.2) is 37.0 Å². The SMILES string of the molecule is C[C@H](Nc1c2ccccc2[nH+]c2ccccc12)C(=O)NCCCCNC(=O)[C@H](C)Nc1c2ccccc2[nH+]c2ccccc12.[Cl-].[Cl-]. The van der Waals surface area contributed by atoms with Crippen LogP contribution in [0.1, 0.15) is 26.7 Å². The van der Waals surface area contributed by atoms with Crippen molar-refractivity contribution in [2.24, 2.45) is 0 Å². The summed E-state index contributed by atoms with van der Waals surface area (Å²) in [4.78, 5) is 32.8. The van der Waals surface area contributed by atoms with Crippen molar-refractivity contribution in [2.75, 3.05) is 23.7 Å². The van der Waals surface area contributed by atoms with Crippen molar-refractivity contribution >= 4 is 66.8 Å². The first-order chi connectivity index (χ1) is 21.5. The van der Waals surface area contributed by atoms with E-state index in [1.807, 2.05) is 86.6 Å². The van der Waals surface area contributed by atoms with E-state index < -0.39 is 12.1 Å². The van der Waals surface area contributed by atoms with E-state index in [4.69, 9.17) is 0 Å². The summed E-state index contributed by atoms with van der Waals surface area (Å²) in [7, 11) is 0. The molecule has 0 saturated heterocycles. The van der Waals surface area contributed by atoms with Crippen molar-refractivity contribution in [2.45, 2.75) is 38.8 Å². The summed E-state index contributed by atoms with van der Waals surface area (Å²) in [6.07, 6.45) is 1.52. The highest BCUT2D eigenvalue weighted by molar-refractivity contribution is 6.07. The van der Waals surface area contributed by atoms with Gasteiger partial charge in [0.15, 0.2) is 0 Å². The Kier molecular flexibility index (Phi) is 11.6. The minimum absolute atomic E-state index is 0. The van der Waals surface area contributed by atoms with E-state index in [9.17, 15) is 9.59 Å². The molecule has 0 aliphatic rings. The number of unbranched alkanes of at least 4 members (excludes halogenated alkanes) is 1. The maximum absolute atomic E-state index is 12.9. The zero-order valence-corrected chi connectivity index (χ0v) is 27.3. The molecule has 46 heavy (non-hydrogen) atoms. The Morgan fingerprint density at radius 2 is 0.804 bits per heavy atom. The molecule has 0 saturated carbocycles. The maximum atomic E-state index is 12.9. The molecule has 2 heterocycles. The zero-order chi connectivity index (χ0) is 30.5. The minimum atomic E-state index is -0.418. The highest BCUT2D eigenvalue weighted by Crippen LogP contribution is 2.30. The number of hydrogen-bond acceptors (Lipinski definition) is 4. The predicted molar refractivity (Wildman–Crippen MR) is 177 cm³/mol. The number of hydrogen-bond donors (Lipinski definition) is 4. The first-order valence-electron chi connectivity index (χ1n) is 15.2. The first-order valence-corrected chi connectivity index (χ1v) is 15.2. The molecule has 238 valence electrons. The third-order valence-electron chi connectivity index (χ3n) is 8.03. The van der Waals surface area contributed by atoms with Gasteiger partial charge in [0.2, 0.25) is 33.9 Å². The van der Waals surface area contributed by atoms with E-state index in [0.29, 0.717) is 13.1 Å². The van der Waals surface area contributed by atoms with Crippen LogP contribution in [-0.2, 0) is 9.59 Å². The number of benzene rings is 4. The Bertz CT molecular complexity index is 1730. The second-order valence-electron chi connectivity index (χ2n) is 11.2. The van der Waals surface area contributed by atoms with Crippen LogP contribution >= 0.6 is 0 Å². The monoisotopic (exact) mass is 656 g/mol. The van der Waals surface area contributed by atoms with Crippen molar-refractivity contribution in [1.29, 1.82) is 0 Å². The topological polar surface area (TPSA) is 111 Å². The summed E-state index contributed by atoms with van der Waals surface area (Å²) in [6.45, 7) is 4.83. The second kappa shape index (κ2) is 15.6. The molecule has 6 N–H and O–H groups in total. The number of fused-ring (bicyclic) bond motifs is 4. The Balaban J connectivity index is 0.00000240. The number of carbonyl (C=O) groups excluding carboxylic acids is 2. The number of pyridine rings is 2. The molecule has 10 heteroatoms. The van der Waals surface area contributed by atoms with E-state index in [1.54, 1.807) is 0 Å². The summed E-state index contributed by atoms with van der Waals surface area (Å²) in [5, 5.41) is 17.1. The van der Waals surface area contributed by atoms with Crippen LogP contribution in [0, 0.1) is 0 Å². The number of halogens is 2. The first kappa shape index (κ1) is 34.2. The van der Waals surface area contributed by atoms with E-state index in [-0.39, 0.29) is 36.6 Å². The third kappa shape index (κ3) is 7.41. The van der Waals surface area contributed by atoms with Gasteiger partial charge in [0.1, 0.15) is 12.1 Å². The molecule has 0 aliphatic heterocycles. The molecule has 2 amide bonds. The minimum Gasteiger partial charge on any atom is -1.00 e. The van der Waals surface area contributed by atoms with E-state index in [1.165, 1.54) is 0 Å². The quantitative estimate of drug-likeness (QED) is 0.109. The number of para-hydroxylation sites is 4. The van der Waals surface area contributed by atoms with Gasteiger partial charge in [-0.15, -0.1) is 0 Å². The molecule has 0 fully saturated rings. The number of rotatable bonds is 11. The lowest BCUT2D eigenvalue weighted by Gasteiger charge is -2.18. The Hall–Kier alpha value is -4.66. The summed E-state index contributed by atoms with van der Waals surface area (Å²) < 4.78 is 0. The molecule has 6 rings (SSSR count). The number of carbonyl (C=O) groups is 2. The average molecular weight is 658 g/mol. The molecule has 0 spiro atoms. The number of aromatic amines is 2. The Labute approximate surface area is 280 Å². The summed E-state index contributed by atoms with van der Waals surface area (Å²) in [6, 6.07) is 31.5. The lowest BCUT2D eigenvalue weighted by molar-refractivity contribution is -0.310. The maximum Gasteiger partial charge on any atom is 0.242 e. The predicted octanol–water partition coefficient (Wildman–Crippen LogP) is -0.751. The van der Waals surface area contributed by atoms with Crippen LogP contribution in [0.5, 0.6) is 0 Å². The molecule has 0 aliphatic carbocycles. The van der Waals surface area contributed by atoms with Gasteiger partial charge in [-0.05, 0) is 51.0 Å². The number of nitrogens with one attached hydrogen (secondary N) is 6. The lowest BCUT2D eigenvalue weighted by atomic mass is 10.1. The molecule has 4 aromatic carbocycles. The Morgan fingerprint density at radius 1 is 0.522 bits per heavy atom. The molecular weight excluding hydrogens is 619 g/mol. The van der Waals surface area contributed by atoms with Gasteiger partial charge in [0.05, 0.1) is 32.9 Å². The molecule has 2 atom stereocenters. The standard InChI is InChI=1S/C36H36N6O2.2ClH/c1-23(39-33-25-13-3-7-17-29(25)41-30-18-8-4-14-26(30)33)35(43)37-21-11-12-22-38-36(44)24(2)40-34-27-15-5-9-19-31(27)42-32-20-10-6-16-28(32)34;;/h3-10,13-20,23-24H,11-12,21-22H2,1-2H3,(H,37,43)(H,38,44)(H,39,41)(H,40,42);2*1H/t23-,24-;;/m0../s1. The van der Waals surface area contributed by atoms with Crippen LogP contribution in [0.3, 0.4) is 0 Å². The van der Waals surface area contributed by atoms with E-state index in [0.717, 1.165) is 67.8 Å². The van der Waals surface area contributed by atoms with Gasteiger partial charge in [0, 0.05) is 37.4 Å². The van der Waals surface area contributed by atoms with Crippen LogP contribution in [0.4, 0.5) is 11.4 Å². The third-order valence-corrected chi connectivity index (χ3v) is 8.03. The number of anilines is 2. The van der Waals surface area contributed by atoms with Gasteiger partial charge in [0.25, 0.3) is 0 Å². The Morgan fingerprint density at radius 3 is 1.11 bits per heavy atom. The van der Waals surface area contributed by atoms with Crippen molar-refractivity contribution in [3.8, 4) is 0 Å². The van der Waals surface area contributed by atoms with Gasteiger partial charge >= 0.3 is 0 Å². The second-order valence-corrected chi connectivity index (χ2v) is 11.2. The van der Waals surface area contributed by atoms with Crippen molar-refractivity contribution < 1.29 is 44.4 Å². The van der Waals surface area contributed by atoms with Gasteiger partial charge in [-0.3, -0.25) is 9.59 Å². The van der Waals surface area contributed by atoms with Crippen LogP contribution in [0.25, 0.3) is 43.6 Å². The fourth-order valence-corrected chi connectivity index (χ4v) is 5.68.